The fourth-order valence-electron chi connectivity index (χ4n) is 3.04. The van der Waals surface area contributed by atoms with Gasteiger partial charge < -0.3 is 0 Å². The van der Waals surface area contributed by atoms with Gasteiger partial charge >= 0.3 is 23.7 Å². The van der Waals surface area contributed by atoms with E-state index in [4.69, 9.17) is 0 Å². The SMILES string of the molecule is Cc1cc2c(cc1-c1cccc[n+]1C)C(F)(F)C(F)(F)C(F)(F)C2(F)F. The van der Waals surface area contributed by atoms with Crippen molar-refractivity contribution in [2.45, 2.75) is 30.6 Å². The lowest BCUT2D eigenvalue weighted by Crippen LogP contribution is -2.63. The topological polar surface area (TPSA) is 3.88 Å². The van der Waals surface area contributed by atoms with Crippen molar-refractivity contribution in [3.05, 3.63) is 53.2 Å². The molecule has 1 nitrogen and oxygen atoms in total. The van der Waals surface area contributed by atoms with Crippen LogP contribution in [0, 0.1) is 6.92 Å². The predicted molar refractivity (Wildman–Crippen MR) is 75.5 cm³/mol. The number of aromatic nitrogens is 1. The second kappa shape index (κ2) is 5.17. The van der Waals surface area contributed by atoms with Gasteiger partial charge in [-0.1, -0.05) is 0 Å². The molecule has 1 aromatic carbocycles. The maximum absolute atomic E-state index is 14.2. The van der Waals surface area contributed by atoms with Crippen LogP contribution in [-0.4, -0.2) is 11.8 Å². The molecule has 0 N–H and O–H groups in total. The summed E-state index contributed by atoms with van der Waals surface area (Å²) in [6, 6.07) is 5.46. The summed E-state index contributed by atoms with van der Waals surface area (Å²) in [6.07, 6.45) is 1.53. The molecule has 0 unspecified atom stereocenters. The van der Waals surface area contributed by atoms with Crippen LogP contribution in [0.25, 0.3) is 11.3 Å². The van der Waals surface area contributed by atoms with E-state index >= 15 is 0 Å². The Balaban J connectivity index is 2.39. The first-order valence-corrected chi connectivity index (χ1v) is 7.38. The van der Waals surface area contributed by atoms with Crippen LogP contribution in [0.15, 0.2) is 36.5 Å². The molecule has 0 bridgehead atoms. The molecular formula is C17H12F8N+. The Morgan fingerprint density at radius 2 is 1.27 bits per heavy atom. The molecule has 0 radical (unpaired) electrons. The zero-order valence-corrected chi connectivity index (χ0v) is 13.4. The number of aryl methyl sites for hydroxylation is 2. The maximum atomic E-state index is 14.2. The molecule has 9 heteroatoms. The third kappa shape index (κ3) is 2.05. The van der Waals surface area contributed by atoms with Crippen LogP contribution < -0.4 is 4.57 Å². The lowest BCUT2D eigenvalue weighted by Gasteiger charge is -2.43. The number of nitrogens with zero attached hydrogens (tertiary/aromatic N) is 1. The van der Waals surface area contributed by atoms with Crippen LogP contribution in [0.4, 0.5) is 35.1 Å². The molecule has 0 fully saturated rings. The fraction of sp³-hybridized carbons (Fsp3) is 0.353. The summed E-state index contributed by atoms with van der Waals surface area (Å²) >= 11 is 0. The molecule has 0 aliphatic heterocycles. The quantitative estimate of drug-likeness (QED) is 0.485. The molecule has 0 spiro atoms. The highest BCUT2D eigenvalue weighted by molar-refractivity contribution is 5.65. The lowest BCUT2D eigenvalue weighted by atomic mass is 9.78. The number of pyridine rings is 1. The summed E-state index contributed by atoms with van der Waals surface area (Å²) in [4.78, 5) is 0. The number of hydrogen-bond donors (Lipinski definition) is 0. The average Bonchev–Trinajstić information content (AvgIpc) is 2.53. The van der Waals surface area contributed by atoms with Gasteiger partial charge in [-0.25, -0.2) is 4.57 Å². The van der Waals surface area contributed by atoms with Crippen LogP contribution in [0.3, 0.4) is 0 Å². The first kappa shape index (κ1) is 18.6. The minimum absolute atomic E-state index is 0.0259. The molecule has 0 saturated carbocycles. The molecule has 3 rings (SSSR count). The Bertz CT molecular complexity index is 888. The monoisotopic (exact) mass is 382 g/mol. The van der Waals surface area contributed by atoms with E-state index in [1.165, 1.54) is 36.9 Å². The smallest absolute Gasteiger partial charge is 0.201 e. The Morgan fingerprint density at radius 1 is 0.769 bits per heavy atom. The van der Waals surface area contributed by atoms with E-state index < -0.39 is 34.8 Å². The molecule has 0 amide bonds. The van der Waals surface area contributed by atoms with E-state index in [9.17, 15) is 35.1 Å². The summed E-state index contributed by atoms with van der Waals surface area (Å²) in [6.45, 7) is 1.25. The number of hydrogen-bond acceptors (Lipinski definition) is 0. The Morgan fingerprint density at radius 3 is 1.77 bits per heavy atom. The van der Waals surface area contributed by atoms with Crippen LogP contribution >= 0.6 is 0 Å². The van der Waals surface area contributed by atoms with E-state index in [2.05, 4.69) is 0 Å². The largest absolute Gasteiger partial charge is 0.382 e. The van der Waals surface area contributed by atoms with E-state index in [1.807, 2.05) is 0 Å². The third-order valence-electron chi connectivity index (χ3n) is 4.55. The number of alkyl halides is 8. The van der Waals surface area contributed by atoms with Gasteiger partial charge in [0.05, 0.1) is 0 Å². The third-order valence-corrected chi connectivity index (χ3v) is 4.55. The normalized spacial score (nSPS) is 21.9. The molecule has 1 aromatic heterocycles. The minimum Gasteiger partial charge on any atom is -0.201 e. The van der Waals surface area contributed by atoms with E-state index in [0.717, 1.165) is 0 Å². The highest BCUT2D eigenvalue weighted by Gasteiger charge is 2.85. The molecule has 140 valence electrons. The van der Waals surface area contributed by atoms with Crippen molar-refractivity contribution in [2.75, 3.05) is 0 Å². The van der Waals surface area contributed by atoms with Crippen molar-refractivity contribution >= 4 is 0 Å². The van der Waals surface area contributed by atoms with Crippen molar-refractivity contribution in [1.82, 2.24) is 0 Å². The van der Waals surface area contributed by atoms with Gasteiger partial charge in [-0.15, -0.1) is 0 Å². The molecular weight excluding hydrogens is 370 g/mol. The minimum atomic E-state index is -6.25. The van der Waals surface area contributed by atoms with Crippen molar-refractivity contribution in [2.24, 2.45) is 7.05 Å². The van der Waals surface area contributed by atoms with E-state index in [1.54, 1.807) is 6.07 Å². The number of benzene rings is 1. The molecule has 1 heterocycles. The highest BCUT2D eigenvalue weighted by atomic mass is 19.4. The molecule has 1 aliphatic rings. The summed E-state index contributed by atoms with van der Waals surface area (Å²) in [7, 11) is 1.53. The van der Waals surface area contributed by atoms with Gasteiger partial charge in [0.2, 0.25) is 5.69 Å². The molecule has 0 saturated heterocycles. The standard InChI is InChI=1S/C17H12F8N/c1-9-7-11-12(8-10(9)13-5-3-4-6-26(13)2)15(20,21)17(24,25)16(22,23)14(11,18)19/h3-8H,1-2H3/q+1. The highest BCUT2D eigenvalue weighted by Crippen LogP contribution is 2.64. The van der Waals surface area contributed by atoms with Crippen molar-refractivity contribution in [3.63, 3.8) is 0 Å². The van der Waals surface area contributed by atoms with Gasteiger partial charge in [-0.05, 0) is 30.7 Å². The zero-order valence-electron chi connectivity index (χ0n) is 13.4. The van der Waals surface area contributed by atoms with E-state index in [-0.39, 0.29) is 16.8 Å². The predicted octanol–water partition coefficient (Wildman–Crippen LogP) is 4.95. The average molecular weight is 382 g/mol. The second-order valence-corrected chi connectivity index (χ2v) is 6.21. The van der Waals surface area contributed by atoms with Crippen molar-refractivity contribution in [1.29, 1.82) is 0 Å². The summed E-state index contributed by atoms with van der Waals surface area (Å²) in [5.74, 6) is -23.4. The number of halogens is 8. The van der Waals surface area contributed by atoms with Crippen molar-refractivity contribution < 1.29 is 39.7 Å². The molecule has 26 heavy (non-hydrogen) atoms. The Hall–Kier alpha value is -2.19. The van der Waals surface area contributed by atoms with Crippen LogP contribution in [0.1, 0.15) is 16.7 Å². The maximum Gasteiger partial charge on any atom is 0.382 e. The summed E-state index contributed by atoms with van der Waals surface area (Å²) in [5.41, 5.74) is -3.39. The molecule has 0 atom stereocenters. The van der Waals surface area contributed by atoms with Gasteiger partial charge in [0.1, 0.15) is 7.05 Å². The summed E-state index contributed by atoms with van der Waals surface area (Å²) in [5, 5.41) is 0. The molecule has 2 aromatic rings. The van der Waals surface area contributed by atoms with Crippen LogP contribution in [0.5, 0.6) is 0 Å². The van der Waals surface area contributed by atoms with Gasteiger partial charge in [-0.3, -0.25) is 0 Å². The number of fused-ring (bicyclic) bond motifs is 1. The van der Waals surface area contributed by atoms with E-state index in [0.29, 0.717) is 12.1 Å². The van der Waals surface area contributed by atoms with Gasteiger partial charge in [0, 0.05) is 28.8 Å². The Kier molecular flexibility index (Phi) is 3.70. The van der Waals surface area contributed by atoms with Crippen LogP contribution in [0.2, 0.25) is 0 Å². The zero-order chi connectivity index (χ0) is 19.7. The number of rotatable bonds is 1. The van der Waals surface area contributed by atoms with Gasteiger partial charge in [0.25, 0.3) is 0 Å². The van der Waals surface area contributed by atoms with Gasteiger partial charge in [-0.2, -0.15) is 35.1 Å². The second-order valence-electron chi connectivity index (χ2n) is 6.21. The van der Waals surface area contributed by atoms with Gasteiger partial charge in [0.15, 0.2) is 6.20 Å². The molecule has 1 aliphatic carbocycles. The first-order chi connectivity index (χ1) is 11.8. The Labute approximate surface area is 142 Å². The fourth-order valence-corrected chi connectivity index (χ4v) is 3.04. The first-order valence-electron chi connectivity index (χ1n) is 7.38. The van der Waals surface area contributed by atoms with Crippen molar-refractivity contribution in [3.8, 4) is 11.3 Å². The lowest BCUT2D eigenvalue weighted by molar-refractivity contribution is -0.660. The van der Waals surface area contributed by atoms with Crippen LogP contribution in [-0.2, 0) is 18.9 Å². The summed E-state index contributed by atoms with van der Waals surface area (Å²) < 4.78 is 112.